The van der Waals surface area contributed by atoms with Crippen molar-refractivity contribution < 1.29 is 38.1 Å². The summed E-state index contributed by atoms with van der Waals surface area (Å²) in [4.78, 5) is 55.3. The first-order valence-electron chi connectivity index (χ1n) is 17.9. The molecule has 3 amide bonds. The normalized spacial score (nSPS) is 13.9. The van der Waals surface area contributed by atoms with E-state index in [0.717, 1.165) is 34.6 Å². The Hall–Kier alpha value is -5.27. The number of esters is 1. The van der Waals surface area contributed by atoms with Gasteiger partial charge in [-0.1, -0.05) is 45.0 Å². The van der Waals surface area contributed by atoms with Crippen LogP contribution in [0.1, 0.15) is 70.8 Å². The predicted octanol–water partition coefficient (Wildman–Crippen LogP) is 8.24. The van der Waals surface area contributed by atoms with Crippen molar-refractivity contribution in [1.29, 1.82) is 0 Å². The lowest BCUT2D eigenvalue weighted by atomic mass is 9.72. The first-order chi connectivity index (χ1) is 26.3. The van der Waals surface area contributed by atoms with Crippen molar-refractivity contribution in [2.24, 2.45) is 11.3 Å². The van der Waals surface area contributed by atoms with Gasteiger partial charge < -0.3 is 34.9 Å². The Morgan fingerprint density at radius 1 is 0.909 bits per heavy atom. The largest absolute Gasteiger partial charge is 0.493 e. The minimum absolute atomic E-state index is 0.0366. The first kappa shape index (κ1) is 40.9. The van der Waals surface area contributed by atoms with Gasteiger partial charge in [-0.2, -0.15) is 0 Å². The number of carbonyl (C=O) groups excluding carboxylic acids is 4. The van der Waals surface area contributed by atoms with Gasteiger partial charge in [-0.15, -0.1) is 23.1 Å². The average molecular weight is 786 g/mol. The topological polar surface area (TPSA) is 141 Å². The van der Waals surface area contributed by atoms with Gasteiger partial charge in [0.2, 0.25) is 11.7 Å². The van der Waals surface area contributed by atoms with Crippen molar-refractivity contribution in [1.82, 2.24) is 5.32 Å². The van der Waals surface area contributed by atoms with Gasteiger partial charge in [-0.05, 0) is 97.2 Å². The number of thioether (sulfide) groups is 1. The fourth-order valence-electron chi connectivity index (χ4n) is 6.30. The Morgan fingerprint density at radius 2 is 1.62 bits per heavy atom. The van der Waals surface area contributed by atoms with E-state index in [4.69, 9.17) is 18.9 Å². The van der Waals surface area contributed by atoms with E-state index in [2.05, 4.69) is 36.7 Å². The van der Waals surface area contributed by atoms with E-state index in [-0.39, 0.29) is 29.4 Å². The summed E-state index contributed by atoms with van der Waals surface area (Å²) in [6.07, 6.45) is 4.10. The highest BCUT2D eigenvalue weighted by atomic mass is 32.2. The number of anilines is 2. The molecule has 13 heteroatoms. The molecule has 3 aromatic carbocycles. The number of hydrogen-bond acceptors (Lipinski definition) is 10. The SMILES string of the molecule is CCOC(=O)c1c(NC(=O)CSc2cccc(NC(=O)/C(=C\c3cc(OC)c(OC)c(OC)c3)NC(=O)c3ccccc3)c2)sc2c1CCC(C(C)(C)C)C2. The van der Waals surface area contributed by atoms with Crippen LogP contribution in [0, 0.1) is 11.3 Å². The van der Waals surface area contributed by atoms with Crippen molar-refractivity contribution in [2.45, 2.75) is 51.9 Å². The molecule has 0 fully saturated rings. The van der Waals surface area contributed by atoms with Crippen molar-refractivity contribution >= 4 is 63.6 Å². The van der Waals surface area contributed by atoms with Gasteiger partial charge in [0, 0.05) is 21.0 Å². The van der Waals surface area contributed by atoms with Crippen LogP contribution in [-0.2, 0) is 27.2 Å². The van der Waals surface area contributed by atoms with Crippen LogP contribution in [0.5, 0.6) is 17.2 Å². The van der Waals surface area contributed by atoms with E-state index < -0.39 is 17.8 Å². The molecule has 1 atom stereocenters. The van der Waals surface area contributed by atoms with Crippen LogP contribution in [0.3, 0.4) is 0 Å². The third-order valence-electron chi connectivity index (χ3n) is 9.21. The van der Waals surface area contributed by atoms with Crippen LogP contribution in [-0.4, -0.2) is 57.4 Å². The molecule has 0 spiro atoms. The molecule has 0 radical (unpaired) electrons. The van der Waals surface area contributed by atoms with Gasteiger partial charge in [-0.3, -0.25) is 14.4 Å². The van der Waals surface area contributed by atoms with Gasteiger partial charge in [0.05, 0.1) is 39.3 Å². The Bertz CT molecular complexity index is 2050. The third-order valence-corrected chi connectivity index (χ3v) is 11.4. The van der Waals surface area contributed by atoms with Crippen LogP contribution in [0.15, 0.2) is 77.3 Å². The summed E-state index contributed by atoms with van der Waals surface area (Å²) in [5, 5.41) is 9.11. The molecular weight excluding hydrogens is 739 g/mol. The summed E-state index contributed by atoms with van der Waals surface area (Å²) >= 11 is 2.75. The molecule has 4 aromatic rings. The second-order valence-corrected chi connectivity index (χ2v) is 16.0. The molecule has 5 rings (SSSR count). The lowest BCUT2D eigenvalue weighted by Crippen LogP contribution is -2.30. The summed E-state index contributed by atoms with van der Waals surface area (Å²) in [7, 11) is 4.47. The molecule has 3 N–H and O–H groups in total. The minimum Gasteiger partial charge on any atom is -0.493 e. The molecule has 0 saturated heterocycles. The van der Waals surface area contributed by atoms with Crippen LogP contribution in [0.25, 0.3) is 6.08 Å². The summed E-state index contributed by atoms with van der Waals surface area (Å²) in [6, 6.07) is 18.9. The Kier molecular flexibility index (Phi) is 13.7. The average Bonchev–Trinajstić information content (AvgIpc) is 3.53. The van der Waals surface area contributed by atoms with Crippen LogP contribution >= 0.6 is 23.1 Å². The fraction of sp³-hybridized carbons (Fsp3) is 0.333. The Balaban J connectivity index is 1.32. The van der Waals surface area contributed by atoms with E-state index in [1.54, 1.807) is 67.6 Å². The van der Waals surface area contributed by atoms with Gasteiger partial charge in [0.25, 0.3) is 11.8 Å². The van der Waals surface area contributed by atoms with Crippen LogP contribution in [0.2, 0.25) is 0 Å². The predicted molar refractivity (Wildman–Crippen MR) is 218 cm³/mol. The van der Waals surface area contributed by atoms with Crippen LogP contribution in [0.4, 0.5) is 10.7 Å². The number of carbonyl (C=O) groups is 4. The lowest BCUT2D eigenvalue weighted by molar-refractivity contribution is -0.114. The summed E-state index contributed by atoms with van der Waals surface area (Å²) in [5.74, 6) is -0.0752. The zero-order valence-electron chi connectivity index (χ0n) is 32.1. The van der Waals surface area contributed by atoms with E-state index in [1.807, 2.05) is 6.07 Å². The molecule has 1 aliphatic rings. The number of nitrogens with one attached hydrogen (secondary N) is 3. The molecule has 55 heavy (non-hydrogen) atoms. The van der Waals surface area contributed by atoms with Crippen molar-refractivity contribution in [3.8, 4) is 17.2 Å². The fourth-order valence-corrected chi connectivity index (χ4v) is 8.39. The maximum absolute atomic E-state index is 13.8. The number of amides is 3. The molecule has 0 saturated carbocycles. The molecule has 11 nitrogen and oxygen atoms in total. The highest BCUT2D eigenvalue weighted by molar-refractivity contribution is 8.00. The summed E-state index contributed by atoms with van der Waals surface area (Å²) in [5.41, 5.74) is 2.87. The van der Waals surface area contributed by atoms with Crippen molar-refractivity contribution in [3.05, 3.63) is 99.6 Å². The molecule has 1 aliphatic carbocycles. The molecular formula is C42H47N3O8S2. The number of thiophene rings is 1. The van der Waals surface area contributed by atoms with E-state index in [9.17, 15) is 19.2 Å². The van der Waals surface area contributed by atoms with E-state index in [0.29, 0.717) is 50.5 Å². The lowest BCUT2D eigenvalue weighted by Gasteiger charge is -2.33. The second kappa shape index (κ2) is 18.4. The number of hydrogen-bond donors (Lipinski definition) is 3. The molecule has 1 unspecified atom stereocenters. The molecule has 0 aliphatic heterocycles. The van der Waals surface area contributed by atoms with Gasteiger partial charge in [-0.25, -0.2) is 4.79 Å². The molecule has 1 heterocycles. The minimum atomic E-state index is -0.584. The zero-order chi connectivity index (χ0) is 39.7. The first-order valence-corrected chi connectivity index (χ1v) is 19.7. The smallest absolute Gasteiger partial charge is 0.341 e. The Morgan fingerprint density at radius 3 is 2.25 bits per heavy atom. The third kappa shape index (κ3) is 10.3. The standard InChI is InChI=1S/C42H47N3O8S2/c1-8-53-41(49)36-30-18-17-27(42(2,3)4)22-34(30)55-40(36)45-35(46)24-54-29-16-12-15-28(23-29)43-39(48)31(44-38(47)26-13-10-9-11-14-26)19-25-20-32(50-5)37(52-7)33(21-25)51-6/h9-16,19-21,23,27H,8,17-18,22,24H2,1-7H3,(H,43,48)(H,44,47)(H,45,46)/b31-19+. The molecule has 1 aromatic heterocycles. The van der Waals surface area contributed by atoms with Gasteiger partial charge in [0.1, 0.15) is 10.7 Å². The number of benzene rings is 3. The summed E-state index contributed by atoms with van der Waals surface area (Å²) in [6.45, 7) is 8.72. The number of fused-ring (bicyclic) bond motifs is 1. The zero-order valence-corrected chi connectivity index (χ0v) is 33.8. The van der Waals surface area contributed by atoms with Crippen molar-refractivity contribution in [2.75, 3.05) is 44.3 Å². The van der Waals surface area contributed by atoms with Gasteiger partial charge in [0.15, 0.2) is 11.5 Å². The maximum atomic E-state index is 13.8. The molecule has 290 valence electrons. The van der Waals surface area contributed by atoms with Gasteiger partial charge >= 0.3 is 5.97 Å². The Labute approximate surface area is 330 Å². The number of ether oxygens (including phenoxy) is 4. The highest BCUT2D eigenvalue weighted by Gasteiger charge is 2.34. The second-order valence-electron chi connectivity index (χ2n) is 13.9. The molecule has 0 bridgehead atoms. The highest BCUT2D eigenvalue weighted by Crippen LogP contribution is 2.45. The quantitative estimate of drug-likeness (QED) is 0.0655. The van der Waals surface area contributed by atoms with E-state index in [1.165, 1.54) is 50.5 Å². The van der Waals surface area contributed by atoms with Crippen LogP contribution < -0.4 is 30.2 Å². The van der Waals surface area contributed by atoms with Crippen molar-refractivity contribution in [3.63, 3.8) is 0 Å². The number of methoxy groups -OCH3 is 3. The monoisotopic (exact) mass is 785 g/mol. The number of rotatable bonds is 14. The maximum Gasteiger partial charge on any atom is 0.341 e. The summed E-state index contributed by atoms with van der Waals surface area (Å²) < 4.78 is 21.8. The van der Waals surface area contributed by atoms with E-state index >= 15 is 0 Å².